The Morgan fingerprint density at radius 2 is 1.89 bits per heavy atom. The highest BCUT2D eigenvalue weighted by molar-refractivity contribution is 5.79. The normalized spacial score (nSPS) is 10.5. The zero-order chi connectivity index (χ0) is 19.9. The van der Waals surface area contributed by atoms with Gasteiger partial charge >= 0.3 is 0 Å². The van der Waals surface area contributed by atoms with Gasteiger partial charge in [-0.1, -0.05) is 53.2 Å². The van der Waals surface area contributed by atoms with Gasteiger partial charge in [0.25, 0.3) is 0 Å². The molecule has 1 amide bonds. The number of carbonyl (C=O) groups is 1. The molecule has 0 unspecified atom stereocenters. The van der Waals surface area contributed by atoms with E-state index in [1.54, 1.807) is 18.1 Å². The van der Waals surface area contributed by atoms with Gasteiger partial charge in [-0.3, -0.25) is 4.79 Å². The first-order valence-electron chi connectivity index (χ1n) is 9.00. The second-order valence-electron chi connectivity index (χ2n) is 6.47. The number of carbonyl (C=O) groups excluding carboxylic acids is 1. The fourth-order valence-corrected chi connectivity index (χ4v) is 2.74. The van der Waals surface area contributed by atoms with Crippen LogP contribution in [-0.4, -0.2) is 34.6 Å². The Labute approximate surface area is 164 Å². The number of nitrogens with zero attached hydrogens (tertiary/aromatic N) is 3. The van der Waals surface area contributed by atoms with Gasteiger partial charge in [0.15, 0.2) is 0 Å². The highest BCUT2D eigenvalue weighted by Gasteiger charge is 2.17. The first-order chi connectivity index (χ1) is 13.6. The molecule has 0 saturated heterocycles. The Morgan fingerprint density at radius 3 is 2.54 bits per heavy atom. The quantitative estimate of drug-likeness (QED) is 0.559. The molecule has 0 atom stereocenters. The Morgan fingerprint density at radius 1 is 1.18 bits per heavy atom. The fourth-order valence-electron chi connectivity index (χ4n) is 2.74. The minimum absolute atomic E-state index is 0.0415. The van der Waals surface area contributed by atoms with Crippen LogP contribution in [0.15, 0.2) is 65.7 Å². The Bertz CT molecular complexity index is 930. The van der Waals surface area contributed by atoms with E-state index in [0.29, 0.717) is 18.3 Å². The molecule has 28 heavy (non-hydrogen) atoms. The standard InChI is InChI=1S/C22H23N3O3/c1-4-13-25(21(26)14-17-7-11-19(27-3)12-8-17)15-20-23-22(24-28-20)18-9-5-16(2)6-10-18/h4-12H,1,13-15H2,2-3H3. The van der Waals surface area contributed by atoms with Gasteiger partial charge in [-0.05, 0) is 24.6 Å². The average molecular weight is 377 g/mol. The molecule has 0 aliphatic rings. The molecule has 0 fully saturated rings. The van der Waals surface area contributed by atoms with Crippen LogP contribution in [0.3, 0.4) is 0 Å². The Hall–Kier alpha value is -3.41. The summed E-state index contributed by atoms with van der Waals surface area (Å²) < 4.78 is 10.5. The molecular weight excluding hydrogens is 354 g/mol. The number of aryl methyl sites for hydroxylation is 1. The van der Waals surface area contributed by atoms with E-state index < -0.39 is 0 Å². The van der Waals surface area contributed by atoms with Gasteiger partial charge in [0, 0.05) is 12.1 Å². The number of hydrogen-bond acceptors (Lipinski definition) is 5. The van der Waals surface area contributed by atoms with Gasteiger partial charge in [-0.2, -0.15) is 4.98 Å². The SMILES string of the molecule is C=CCN(Cc1nc(-c2ccc(C)cc2)no1)C(=O)Cc1ccc(OC)cc1. The molecule has 0 N–H and O–H groups in total. The summed E-state index contributed by atoms with van der Waals surface area (Å²) in [4.78, 5) is 18.8. The van der Waals surface area contributed by atoms with Crippen molar-refractivity contribution in [2.45, 2.75) is 19.9 Å². The van der Waals surface area contributed by atoms with E-state index in [4.69, 9.17) is 9.26 Å². The lowest BCUT2D eigenvalue weighted by atomic mass is 10.1. The van der Waals surface area contributed by atoms with Crippen LogP contribution in [0, 0.1) is 6.92 Å². The molecule has 1 heterocycles. The van der Waals surface area contributed by atoms with Gasteiger partial charge in [0.1, 0.15) is 12.3 Å². The van der Waals surface area contributed by atoms with E-state index in [0.717, 1.165) is 22.4 Å². The molecule has 3 aromatic rings. The first-order valence-corrected chi connectivity index (χ1v) is 9.00. The summed E-state index contributed by atoms with van der Waals surface area (Å²) in [5.41, 5.74) is 2.94. The zero-order valence-electron chi connectivity index (χ0n) is 16.1. The third-order valence-corrected chi connectivity index (χ3v) is 4.32. The third kappa shape index (κ3) is 4.85. The summed E-state index contributed by atoms with van der Waals surface area (Å²) in [5, 5.41) is 4.03. The molecular formula is C22H23N3O3. The zero-order valence-corrected chi connectivity index (χ0v) is 16.1. The molecule has 0 saturated carbocycles. The van der Waals surface area contributed by atoms with Gasteiger partial charge in [-0.15, -0.1) is 6.58 Å². The van der Waals surface area contributed by atoms with Crippen molar-refractivity contribution in [3.8, 4) is 17.1 Å². The lowest BCUT2D eigenvalue weighted by molar-refractivity contribution is -0.130. The summed E-state index contributed by atoms with van der Waals surface area (Å²) in [5.74, 6) is 1.62. The van der Waals surface area contributed by atoms with Crippen molar-refractivity contribution in [3.63, 3.8) is 0 Å². The summed E-state index contributed by atoms with van der Waals surface area (Å²) in [6.45, 7) is 6.40. The summed E-state index contributed by atoms with van der Waals surface area (Å²) in [7, 11) is 1.61. The second kappa shape index (κ2) is 8.99. The van der Waals surface area contributed by atoms with Crippen molar-refractivity contribution < 1.29 is 14.1 Å². The predicted octanol–water partition coefficient (Wildman–Crippen LogP) is 3.81. The maximum Gasteiger partial charge on any atom is 0.246 e. The van der Waals surface area contributed by atoms with Gasteiger partial charge in [-0.25, -0.2) is 0 Å². The molecule has 6 heteroatoms. The van der Waals surface area contributed by atoms with Crippen molar-refractivity contribution in [1.82, 2.24) is 15.0 Å². The number of methoxy groups -OCH3 is 1. The van der Waals surface area contributed by atoms with Gasteiger partial charge in [0.05, 0.1) is 13.5 Å². The van der Waals surface area contributed by atoms with E-state index >= 15 is 0 Å². The van der Waals surface area contributed by atoms with E-state index in [9.17, 15) is 4.79 Å². The number of rotatable bonds is 8. The minimum Gasteiger partial charge on any atom is -0.497 e. The van der Waals surface area contributed by atoms with Crippen molar-refractivity contribution in [1.29, 1.82) is 0 Å². The largest absolute Gasteiger partial charge is 0.497 e. The van der Waals surface area contributed by atoms with E-state index in [1.165, 1.54) is 0 Å². The second-order valence-corrected chi connectivity index (χ2v) is 6.47. The highest BCUT2D eigenvalue weighted by Crippen LogP contribution is 2.18. The van der Waals surface area contributed by atoms with Crippen LogP contribution >= 0.6 is 0 Å². The van der Waals surface area contributed by atoms with Crippen LogP contribution in [0.25, 0.3) is 11.4 Å². The highest BCUT2D eigenvalue weighted by atomic mass is 16.5. The number of ether oxygens (including phenoxy) is 1. The first kappa shape index (κ1) is 19.4. The molecule has 2 aromatic carbocycles. The molecule has 6 nitrogen and oxygen atoms in total. The molecule has 0 aliphatic heterocycles. The maximum absolute atomic E-state index is 12.7. The molecule has 0 aliphatic carbocycles. The average Bonchev–Trinajstić information content (AvgIpc) is 3.17. The monoisotopic (exact) mass is 377 g/mol. The van der Waals surface area contributed by atoms with Crippen molar-refractivity contribution >= 4 is 5.91 Å². The minimum atomic E-state index is -0.0415. The van der Waals surface area contributed by atoms with Crippen LogP contribution in [0.4, 0.5) is 0 Å². The van der Waals surface area contributed by atoms with Crippen molar-refractivity contribution in [2.24, 2.45) is 0 Å². The van der Waals surface area contributed by atoms with Gasteiger partial charge in [0.2, 0.25) is 17.6 Å². The maximum atomic E-state index is 12.7. The smallest absolute Gasteiger partial charge is 0.246 e. The van der Waals surface area contributed by atoms with Crippen LogP contribution in [0.1, 0.15) is 17.0 Å². The van der Waals surface area contributed by atoms with E-state index in [-0.39, 0.29) is 18.9 Å². The fraction of sp³-hybridized carbons (Fsp3) is 0.227. The molecule has 1 aromatic heterocycles. The van der Waals surface area contributed by atoms with Crippen LogP contribution in [0.2, 0.25) is 0 Å². The number of amides is 1. The van der Waals surface area contributed by atoms with Crippen molar-refractivity contribution in [2.75, 3.05) is 13.7 Å². The predicted molar refractivity (Wildman–Crippen MR) is 107 cm³/mol. The molecule has 0 radical (unpaired) electrons. The molecule has 144 valence electrons. The number of benzene rings is 2. The van der Waals surface area contributed by atoms with Crippen LogP contribution in [-0.2, 0) is 17.8 Å². The third-order valence-electron chi connectivity index (χ3n) is 4.32. The lowest BCUT2D eigenvalue weighted by Crippen LogP contribution is -2.32. The van der Waals surface area contributed by atoms with E-state index in [2.05, 4.69) is 16.7 Å². The lowest BCUT2D eigenvalue weighted by Gasteiger charge is -2.19. The number of hydrogen-bond donors (Lipinski definition) is 0. The van der Waals surface area contributed by atoms with Crippen LogP contribution in [0.5, 0.6) is 5.75 Å². The van der Waals surface area contributed by atoms with Crippen molar-refractivity contribution in [3.05, 3.63) is 78.2 Å². The Kier molecular flexibility index (Phi) is 6.22. The topological polar surface area (TPSA) is 68.5 Å². The molecule has 0 spiro atoms. The van der Waals surface area contributed by atoms with Crippen LogP contribution < -0.4 is 4.74 Å². The van der Waals surface area contributed by atoms with E-state index in [1.807, 2.05) is 55.5 Å². The summed E-state index contributed by atoms with van der Waals surface area (Å²) in [6.07, 6.45) is 1.96. The summed E-state index contributed by atoms with van der Waals surface area (Å²) >= 11 is 0. The molecule has 3 rings (SSSR count). The summed E-state index contributed by atoms with van der Waals surface area (Å²) in [6, 6.07) is 15.3. The number of aromatic nitrogens is 2. The Balaban J connectivity index is 1.69. The molecule has 0 bridgehead atoms. The van der Waals surface area contributed by atoms with Gasteiger partial charge < -0.3 is 14.2 Å².